The van der Waals surface area contributed by atoms with Crippen LogP contribution in [0.2, 0.25) is 5.02 Å². The molecule has 160 valence electrons. The Labute approximate surface area is 184 Å². The molecule has 1 amide bonds. The van der Waals surface area contributed by atoms with E-state index in [2.05, 4.69) is 54.4 Å². The molecule has 2 N–H and O–H groups in total. The summed E-state index contributed by atoms with van der Waals surface area (Å²) in [5.74, 6) is 0.621. The van der Waals surface area contributed by atoms with Crippen molar-refractivity contribution in [1.29, 1.82) is 0 Å². The van der Waals surface area contributed by atoms with Crippen molar-refractivity contribution in [3.63, 3.8) is 0 Å². The molecule has 2 unspecified atom stereocenters. The molecule has 2 aliphatic rings. The zero-order chi connectivity index (χ0) is 21.3. The molecule has 0 saturated carbocycles. The quantitative estimate of drug-likeness (QED) is 0.711. The van der Waals surface area contributed by atoms with Crippen LogP contribution in [0.25, 0.3) is 0 Å². The Morgan fingerprint density at radius 2 is 2.03 bits per heavy atom. The van der Waals surface area contributed by atoms with E-state index in [1.165, 1.54) is 12.0 Å². The predicted molar refractivity (Wildman–Crippen MR) is 122 cm³/mol. The first-order chi connectivity index (χ1) is 14.3. The molecule has 5 heteroatoms. The van der Waals surface area contributed by atoms with E-state index >= 15 is 0 Å². The normalized spacial score (nSPS) is 22.3. The van der Waals surface area contributed by atoms with E-state index in [1.54, 1.807) is 6.07 Å². The number of hydrogen-bond acceptors (Lipinski definition) is 3. The van der Waals surface area contributed by atoms with Crippen LogP contribution in [0.15, 0.2) is 42.5 Å². The van der Waals surface area contributed by atoms with Gasteiger partial charge >= 0.3 is 0 Å². The van der Waals surface area contributed by atoms with E-state index in [9.17, 15) is 9.90 Å². The lowest BCUT2D eigenvalue weighted by molar-refractivity contribution is -0.117. The minimum absolute atomic E-state index is 0.00893. The zero-order valence-corrected chi connectivity index (χ0v) is 18.6. The summed E-state index contributed by atoms with van der Waals surface area (Å²) in [5, 5.41) is 14.5. The molecular weight excluding hydrogens is 396 g/mol. The van der Waals surface area contributed by atoms with Crippen LogP contribution in [0.3, 0.4) is 0 Å². The molecule has 4 rings (SSSR count). The van der Waals surface area contributed by atoms with Gasteiger partial charge in [-0.3, -0.25) is 4.79 Å². The first-order valence-corrected chi connectivity index (χ1v) is 11.3. The lowest BCUT2D eigenvalue weighted by atomic mass is 9.77. The Morgan fingerprint density at radius 3 is 2.80 bits per heavy atom. The molecule has 2 aromatic rings. The summed E-state index contributed by atoms with van der Waals surface area (Å²) in [7, 11) is 0. The number of aliphatic hydroxyl groups excluding tert-OH is 1. The fraction of sp³-hybridized carbons (Fsp3) is 0.480. The number of rotatable bonds is 5. The van der Waals surface area contributed by atoms with Crippen LogP contribution in [0.1, 0.15) is 55.9 Å². The van der Waals surface area contributed by atoms with Gasteiger partial charge in [0.25, 0.3) is 0 Å². The van der Waals surface area contributed by atoms with E-state index in [4.69, 9.17) is 11.6 Å². The van der Waals surface area contributed by atoms with Gasteiger partial charge in [0.2, 0.25) is 5.91 Å². The monoisotopic (exact) mass is 426 g/mol. The number of fused-ring (bicyclic) bond motifs is 1. The van der Waals surface area contributed by atoms with Gasteiger partial charge in [-0.2, -0.15) is 0 Å². The van der Waals surface area contributed by atoms with Gasteiger partial charge in [-0.15, -0.1) is 0 Å². The van der Waals surface area contributed by atoms with Crippen LogP contribution < -0.4 is 5.32 Å². The van der Waals surface area contributed by atoms with E-state index in [1.807, 2.05) is 6.07 Å². The molecule has 0 spiro atoms. The van der Waals surface area contributed by atoms with Crippen LogP contribution in [0, 0.1) is 5.92 Å². The summed E-state index contributed by atoms with van der Waals surface area (Å²) in [4.78, 5) is 14.4. The van der Waals surface area contributed by atoms with E-state index < -0.39 is 6.10 Å². The molecule has 30 heavy (non-hydrogen) atoms. The Kier molecular flexibility index (Phi) is 6.19. The summed E-state index contributed by atoms with van der Waals surface area (Å²) in [6.07, 6.45) is 3.26. The highest BCUT2D eigenvalue weighted by Gasteiger charge is 2.33. The Bertz CT molecular complexity index is 913. The van der Waals surface area contributed by atoms with Gasteiger partial charge in [-0.05, 0) is 55.0 Å². The number of aliphatic hydroxyl groups is 1. The van der Waals surface area contributed by atoms with Crippen molar-refractivity contribution < 1.29 is 9.90 Å². The molecule has 2 atom stereocenters. The SMILES string of the molecule is CC1(C)CC(=O)Nc2cc(Cl)c(C(O)CN3CCCC(Cc4ccccc4)C3)cc21. The van der Waals surface area contributed by atoms with Gasteiger partial charge < -0.3 is 15.3 Å². The topological polar surface area (TPSA) is 52.6 Å². The third kappa shape index (κ3) is 4.72. The van der Waals surface area contributed by atoms with Crippen LogP contribution in [0.4, 0.5) is 5.69 Å². The highest BCUT2D eigenvalue weighted by atomic mass is 35.5. The molecule has 0 aliphatic carbocycles. The van der Waals surface area contributed by atoms with E-state index in [0.717, 1.165) is 42.7 Å². The fourth-order valence-electron chi connectivity index (χ4n) is 4.97. The first kappa shape index (κ1) is 21.4. The number of halogens is 1. The largest absolute Gasteiger partial charge is 0.387 e. The summed E-state index contributed by atoms with van der Waals surface area (Å²) >= 11 is 6.52. The van der Waals surface area contributed by atoms with Gasteiger partial charge in [0.1, 0.15) is 0 Å². The fourth-order valence-corrected chi connectivity index (χ4v) is 5.26. The van der Waals surface area contributed by atoms with Crippen molar-refractivity contribution in [3.8, 4) is 0 Å². The van der Waals surface area contributed by atoms with Gasteiger partial charge in [0, 0.05) is 41.2 Å². The number of carbonyl (C=O) groups is 1. The number of anilines is 1. The molecule has 2 aromatic carbocycles. The summed E-state index contributed by atoms with van der Waals surface area (Å²) in [5.41, 5.74) is 3.67. The van der Waals surface area contributed by atoms with Crippen LogP contribution in [0.5, 0.6) is 0 Å². The number of nitrogens with one attached hydrogen (secondary N) is 1. The minimum atomic E-state index is -0.647. The molecule has 0 aromatic heterocycles. The summed E-state index contributed by atoms with van der Waals surface area (Å²) < 4.78 is 0. The lowest BCUT2D eigenvalue weighted by Crippen LogP contribution is -2.39. The second kappa shape index (κ2) is 8.70. The molecular formula is C25H31ClN2O2. The molecule has 1 fully saturated rings. The molecule has 0 radical (unpaired) electrons. The van der Waals surface area contributed by atoms with Crippen molar-refractivity contribution in [3.05, 3.63) is 64.2 Å². The molecule has 4 nitrogen and oxygen atoms in total. The van der Waals surface area contributed by atoms with Gasteiger partial charge in [-0.25, -0.2) is 0 Å². The number of amides is 1. The average molecular weight is 427 g/mol. The third-order valence-corrected chi connectivity index (χ3v) is 6.83. The highest BCUT2D eigenvalue weighted by Crippen LogP contribution is 2.41. The molecule has 1 saturated heterocycles. The Balaban J connectivity index is 1.46. The van der Waals surface area contributed by atoms with E-state index in [0.29, 0.717) is 23.9 Å². The highest BCUT2D eigenvalue weighted by molar-refractivity contribution is 6.31. The molecule has 2 heterocycles. The number of benzene rings is 2. The predicted octanol–water partition coefficient (Wildman–Crippen LogP) is 4.95. The van der Waals surface area contributed by atoms with E-state index in [-0.39, 0.29) is 11.3 Å². The number of carbonyl (C=O) groups excluding carboxylic acids is 1. The second-order valence-electron chi connectivity index (χ2n) is 9.50. The Hall–Kier alpha value is -1.88. The lowest BCUT2D eigenvalue weighted by Gasteiger charge is -2.35. The number of nitrogens with zero attached hydrogens (tertiary/aromatic N) is 1. The first-order valence-electron chi connectivity index (χ1n) is 10.9. The van der Waals surface area contributed by atoms with Gasteiger partial charge in [-0.1, -0.05) is 55.8 Å². The minimum Gasteiger partial charge on any atom is -0.387 e. The second-order valence-corrected chi connectivity index (χ2v) is 9.91. The zero-order valence-electron chi connectivity index (χ0n) is 17.8. The van der Waals surface area contributed by atoms with Crippen molar-refractivity contribution >= 4 is 23.2 Å². The van der Waals surface area contributed by atoms with Crippen LogP contribution >= 0.6 is 11.6 Å². The van der Waals surface area contributed by atoms with Crippen molar-refractivity contribution in [2.24, 2.45) is 5.92 Å². The van der Waals surface area contributed by atoms with Crippen molar-refractivity contribution in [1.82, 2.24) is 4.90 Å². The third-order valence-electron chi connectivity index (χ3n) is 6.50. The number of piperidine rings is 1. The molecule has 2 aliphatic heterocycles. The molecule has 0 bridgehead atoms. The van der Waals surface area contributed by atoms with Crippen LogP contribution in [-0.2, 0) is 16.6 Å². The smallest absolute Gasteiger partial charge is 0.225 e. The maximum Gasteiger partial charge on any atom is 0.225 e. The standard InChI is InChI=1S/C25H31ClN2O2/c1-25(2)14-24(30)27-22-13-21(26)19(12-20(22)25)23(29)16-28-10-6-9-18(15-28)11-17-7-4-3-5-8-17/h3-5,7-8,12-13,18,23,29H,6,9-11,14-16H2,1-2H3,(H,27,30). The number of hydrogen-bond donors (Lipinski definition) is 2. The van der Waals surface area contributed by atoms with Crippen LogP contribution in [-0.4, -0.2) is 35.5 Å². The number of likely N-dealkylation sites (tertiary alicyclic amines) is 1. The van der Waals surface area contributed by atoms with Crippen molar-refractivity contribution in [2.45, 2.75) is 51.0 Å². The number of β-amino-alcohol motifs (C(OH)–C–C–N with tert-alkyl or cyclic N) is 1. The Morgan fingerprint density at radius 1 is 1.27 bits per heavy atom. The maximum absolute atomic E-state index is 12.0. The van der Waals surface area contributed by atoms with Gasteiger partial charge in [0.05, 0.1) is 6.10 Å². The maximum atomic E-state index is 12.0. The van der Waals surface area contributed by atoms with Gasteiger partial charge in [0.15, 0.2) is 0 Å². The summed E-state index contributed by atoms with van der Waals surface area (Å²) in [6.45, 7) is 6.71. The summed E-state index contributed by atoms with van der Waals surface area (Å²) in [6, 6.07) is 14.4. The average Bonchev–Trinajstić information content (AvgIpc) is 2.67. The van der Waals surface area contributed by atoms with Crippen molar-refractivity contribution in [2.75, 3.05) is 25.0 Å².